The highest BCUT2D eigenvalue weighted by atomic mass is 16.3. The predicted molar refractivity (Wildman–Crippen MR) is 52.8 cm³/mol. The molecule has 1 rings (SSSR count). The van der Waals surface area contributed by atoms with Crippen LogP contribution in [-0.4, -0.2) is 22.8 Å². The van der Waals surface area contributed by atoms with E-state index in [2.05, 4.69) is 0 Å². The Labute approximate surface area is 84.5 Å². The molecule has 14 heavy (non-hydrogen) atoms. The molecule has 0 bridgehead atoms. The zero-order valence-electron chi connectivity index (χ0n) is 8.82. The van der Waals surface area contributed by atoms with E-state index in [1.165, 1.54) is 0 Å². The molecule has 1 fully saturated rings. The number of aliphatic hydroxyl groups excluding tert-OH is 1. The predicted octanol–water partition coefficient (Wildman–Crippen LogP) is 1.33. The molecule has 1 aliphatic carbocycles. The summed E-state index contributed by atoms with van der Waals surface area (Å²) in [5.41, 5.74) is 0. The number of rotatable bonds is 3. The molecule has 1 saturated carbocycles. The first-order valence-electron chi connectivity index (χ1n) is 5.29. The van der Waals surface area contributed by atoms with Crippen molar-refractivity contribution in [3.05, 3.63) is 0 Å². The summed E-state index contributed by atoms with van der Waals surface area (Å²) in [6.45, 7) is 3.84. The number of carbonyl (C=O) groups is 2. The molecular weight excluding hydrogens is 180 g/mol. The summed E-state index contributed by atoms with van der Waals surface area (Å²) in [5, 5.41) is 9.67. The average Bonchev–Trinajstić information content (AvgIpc) is 2.01. The largest absolute Gasteiger partial charge is 0.392 e. The maximum Gasteiger partial charge on any atom is 0.146 e. The van der Waals surface area contributed by atoms with Crippen molar-refractivity contribution >= 4 is 11.6 Å². The second-order valence-corrected chi connectivity index (χ2v) is 4.27. The molecule has 3 atom stereocenters. The molecule has 0 aromatic carbocycles. The second kappa shape index (κ2) is 4.69. The molecule has 0 radical (unpaired) electrons. The van der Waals surface area contributed by atoms with Crippen LogP contribution < -0.4 is 0 Å². The zero-order valence-corrected chi connectivity index (χ0v) is 8.82. The van der Waals surface area contributed by atoms with Gasteiger partial charge in [0.05, 0.1) is 6.10 Å². The fraction of sp³-hybridized carbons (Fsp3) is 0.818. The smallest absolute Gasteiger partial charge is 0.146 e. The van der Waals surface area contributed by atoms with Gasteiger partial charge in [0.2, 0.25) is 0 Å². The van der Waals surface area contributed by atoms with E-state index in [-0.39, 0.29) is 17.5 Å². The Bertz CT molecular complexity index is 227. The second-order valence-electron chi connectivity index (χ2n) is 4.27. The van der Waals surface area contributed by atoms with Crippen LogP contribution in [0.5, 0.6) is 0 Å². The highest BCUT2D eigenvalue weighted by Crippen LogP contribution is 2.27. The van der Waals surface area contributed by atoms with E-state index in [4.69, 9.17) is 0 Å². The SMILES string of the molecule is CCCC(=O)C1C(=O)CC(C)CC1O. The summed E-state index contributed by atoms with van der Waals surface area (Å²) in [7, 11) is 0. The summed E-state index contributed by atoms with van der Waals surface area (Å²) >= 11 is 0. The van der Waals surface area contributed by atoms with Crippen molar-refractivity contribution in [2.24, 2.45) is 11.8 Å². The average molecular weight is 198 g/mol. The van der Waals surface area contributed by atoms with Gasteiger partial charge in [-0.25, -0.2) is 0 Å². The minimum atomic E-state index is -0.745. The molecule has 0 aromatic rings. The van der Waals surface area contributed by atoms with Gasteiger partial charge in [-0.3, -0.25) is 9.59 Å². The topological polar surface area (TPSA) is 54.4 Å². The zero-order chi connectivity index (χ0) is 10.7. The van der Waals surface area contributed by atoms with Gasteiger partial charge in [-0.15, -0.1) is 0 Å². The van der Waals surface area contributed by atoms with Crippen molar-refractivity contribution in [1.29, 1.82) is 0 Å². The summed E-state index contributed by atoms with van der Waals surface area (Å²) in [5.74, 6) is -0.680. The Kier molecular flexibility index (Phi) is 3.81. The van der Waals surface area contributed by atoms with Gasteiger partial charge in [-0.1, -0.05) is 13.8 Å². The lowest BCUT2D eigenvalue weighted by atomic mass is 9.77. The Morgan fingerprint density at radius 3 is 2.71 bits per heavy atom. The van der Waals surface area contributed by atoms with Crippen molar-refractivity contribution in [3.63, 3.8) is 0 Å². The normalized spacial score (nSPS) is 33.1. The lowest BCUT2D eigenvalue weighted by molar-refractivity contribution is -0.141. The third-order valence-electron chi connectivity index (χ3n) is 2.77. The third kappa shape index (κ3) is 2.41. The molecule has 3 heteroatoms. The van der Waals surface area contributed by atoms with E-state index in [0.29, 0.717) is 19.3 Å². The number of carbonyl (C=O) groups excluding carboxylic acids is 2. The van der Waals surface area contributed by atoms with E-state index in [1.807, 2.05) is 13.8 Å². The minimum Gasteiger partial charge on any atom is -0.392 e. The fourth-order valence-electron chi connectivity index (χ4n) is 2.11. The van der Waals surface area contributed by atoms with Gasteiger partial charge in [-0.05, 0) is 18.8 Å². The Morgan fingerprint density at radius 2 is 2.21 bits per heavy atom. The maximum absolute atomic E-state index is 11.6. The van der Waals surface area contributed by atoms with Gasteiger partial charge in [0.1, 0.15) is 17.5 Å². The molecular formula is C11H18O3. The number of hydrogen-bond acceptors (Lipinski definition) is 3. The number of Topliss-reactive ketones (excluding diaryl/α,β-unsaturated/α-hetero) is 2. The number of ketones is 2. The van der Waals surface area contributed by atoms with Crippen LogP contribution in [0.1, 0.15) is 39.5 Å². The van der Waals surface area contributed by atoms with Crippen LogP contribution in [0.2, 0.25) is 0 Å². The van der Waals surface area contributed by atoms with Crippen molar-refractivity contribution in [2.45, 2.75) is 45.6 Å². The molecule has 0 aromatic heterocycles. The van der Waals surface area contributed by atoms with E-state index < -0.39 is 12.0 Å². The fourth-order valence-corrected chi connectivity index (χ4v) is 2.11. The van der Waals surface area contributed by atoms with Crippen LogP contribution >= 0.6 is 0 Å². The first-order valence-corrected chi connectivity index (χ1v) is 5.29. The summed E-state index contributed by atoms with van der Waals surface area (Å²) in [6.07, 6.45) is 1.42. The highest BCUT2D eigenvalue weighted by Gasteiger charge is 2.37. The van der Waals surface area contributed by atoms with Crippen LogP contribution in [0.3, 0.4) is 0 Å². The molecule has 0 aliphatic heterocycles. The third-order valence-corrected chi connectivity index (χ3v) is 2.77. The van der Waals surface area contributed by atoms with E-state index in [0.717, 1.165) is 6.42 Å². The van der Waals surface area contributed by atoms with Crippen molar-refractivity contribution in [1.82, 2.24) is 0 Å². The Morgan fingerprint density at radius 1 is 1.57 bits per heavy atom. The molecule has 3 nitrogen and oxygen atoms in total. The first-order chi connectivity index (χ1) is 6.56. The van der Waals surface area contributed by atoms with Crippen LogP contribution in [0.25, 0.3) is 0 Å². The monoisotopic (exact) mass is 198 g/mol. The van der Waals surface area contributed by atoms with E-state index >= 15 is 0 Å². The van der Waals surface area contributed by atoms with Gasteiger partial charge in [0.25, 0.3) is 0 Å². The lowest BCUT2D eigenvalue weighted by Gasteiger charge is -2.29. The molecule has 1 aliphatic rings. The molecule has 0 heterocycles. The van der Waals surface area contributed by atoms with Crippen LogP contribution in [0, 0.1) is 11.8 Å². The molecule has 1 N–H and O–H groups in total. The van der Waals surface area contributed by atoms with E-state index in [1.54, 1.807) is 0 Å². The molecule has 0 amide bonds. The first kappa shape index (κ1) is 11.4. The van der Waals surface area contributed by atoms with Gasteiger partial charge in [0.15, 0.2) is 0 Å². The Balaban J connectivity index is 2.67. The highest BCUT2D eigenvalue weighted by molar-refractivity contribution is 6.03. The Hall–Kier alpha value is -0.700. The number of hydrogen-bond donors (Lipinski definition) is 1. The summed E-state index contributed by atoms with van der Waals surface area (Å²) < 4.78 is 0. The van der Waals surface area contributed by atoms with Crippen molar-refractivity contribution < 1.29 is 14.7 Å². The molecule has 3 unspecified atom stereocenters. The minimum absolute atomic E-state index is 0.0744. The maximum atomic E-state index is 11.6. The summed E-state index contributed by atoms with van der Waals surface area (Å²) in [4.78, 5) is 23.1. The molecule has 80 valence electrons. The van der Waals surface area contributed by atoms with Crippen LogP contribution in [0.15, 0.2) is 0 Å². The molecule has 0 saturated heterocycles. The lowest BCUT2D eigenvalue weighted by Crippen LogP contribution is -2.41. The van der Waals surface area contributed by atoms with Crippen LogP contribution in [-0.2, 0) is 9.59 Å². The van der Waals surface area contributed by atoms with Gasteiger partial charge < -0.3 is 5.11 Å². The molecule has 0 spiro atoms. The van der Waals surface area contributed by atoms with E-state index in [9.17, 15) is 14.7 Å². The van der Waals surface area contributed by atoms with Crippen molar-refractivity contribution in [3.8, 4) is 0 Å². The number of aliphatic hydroxyl groups is 1. The van der Waals surface area contributed by atoms with Gasteiger partial charge >= 0.3 is 0 Å². The van der Waals surface area contributed by atoms with Crippen LogP contribution in [0.4, 0.5) is 0 Å². The van der Waals surface area contributed by atoms with Gasteiger partial charge in [-0.2, -0.15) is 0 Å². The van der Waals surface area contributed by atoms with Gasteiger partial charge in [0, 0.05) is 12.8 Å². The standard InChI is InChI=1S/C11H18O3/c1-3-4-8(12)11-9(13)5-7(2)6-10(11)14/h7,9,11,13H,3-6H2,1-2H3. The summed E-state index contributed by atoms with van der Waals surface area (Å²) in [6, 6.07) is 0. The quantitative estimate of drug-likeness (QED) is 0.696. The van der Waals surface area contributed by atoms with Crippen molar-refractivity contribution in [2.75, 3.05) is 0 Å².